The van der Waals surface area contributed by atoms with Gasteiger partial charge in [-0.1, -0.05) is 30.3 Å². The first kappa shape index (κ1) is 17.6. The molecule has 2 aromatic rings. The van der Waals surface area contributed by atoms with Gasteiger partial charge in [-0.2, -0.15) is 0 Å². The second-order valence-corrected chi connectivity index (χ2v) is 7.02. The third-order valence-electron chi connectivity index (χ3n) is 4.10. The number of esters is 1. The van der Waals surface area contributed by atoms with Gasteiger partial charge in [-0.3, -0.25) is 9.69 Å². The van der Waals surface area contributed by atoms with E-state index in [-0.39, 0.29) is 5.91 Å². The minimum Gasteiger partial charge on any atom is -0.462 e. The lowest BCUT2D eigenvalue weighted by Gasteiger charge is -2.13. The van der Waals surface area contributed by atoms with Crippen LogP contribution in [0.1, 0.15) is 30.1 Å². The summed E-state index contributed by atoms with van der Waals surface area (Å²) in [6.07, 6.45) is 2.27. The van der Waals surface area contributed by atoms with E-state index in [1.807, 2.05) is 30.3 Å². The van der Waals surface area contributed by atoms with Gasteiger partial charge in [-0.15, -0.1) is 11.3 Å². The van der Waals surface area contributed by atoms with Crippen LogP contribution in [-0.4, -0.2) is 43.0 Å². The highest BCUT2D eigenvalue weighted by molar-refractivity contribution is 7.20. The number of carbonyl (C=O) groups is 2. The first-order valence-corrected chi connectivity index (χ1v) is 9.37. The molecular weight excluding hydrogens is 336 g/mol. The highest BCUT2D eigenvalue weighted by Crippen LogP contribution is 2.36. The second kappa shape index (κ2) is 8.27. The predicted octanol–water partition coefficient (Wildman–Crippen LogP) is 3.63. The van der Waals surface area contributed by atoms with Crippen molar-refractivity contribution in [1.82, 2.24) is 4.90 Å². The van der Waals surface area contributed by atoms with Crippen LogP contribution in [0.3, 0.4) is 0 Å². The summed E-state index contributed by atoms with van der Waals surface area (Å²) >= 11 is 1.40. The van der Waals surface area contributed by atoms with Gasteiger partial charge in [0.05, 0.1) is 18.7 Å². The van der Waals surface area contributed by atoms with E-state index in [1.54, 1.807) is 13.0 Å². The first-order valence-electron chi connectivity index (χ1n) is 8.56. The predicted molar refractivity (Wildman–Crippen MR) is 100 cm³/mol. The Bertz CT molecular complexity index is 736. The fourth-order valence-corrected chi connectivity index (χ4v) is 3.97. The van der Waals surface area contributed by atoms with Crippen LogP contribution in [-0.2, 0) is 9.53 Å². The van der Waals surface area contributed by atoms with Gasteiger partial charge in [-0.25, -0.2) is 4.79 Å². The monoisotopic (exact) mass is 358 g/mol. The highest BCUT2D eigenvalue weighted by atomic mass is 32.1. The molecule has 0 atom stereocenters. The van der Waals surface area contributed by atoms with Crippen molar-refractivity contribution in [2.45, 2.75) is 19.8 Å². The summed E-state index contributed by atoms with van der Waals surface area (Å²) in [5.74, 6) is -0.494. The summed E-state index contributed by atoms with van der Waals surface area (Å²) in [5, 5.41) is 3.46. The van der Waals surface area contributed by atoms with E-state index in [2.05, 4.69) is 10.2 Å². The van der Waals surface area contributed by atoms with Crippen LogP contribution in [0.4, 0.5) is 5.00 Å². The second-order valence-electron chi connectivity index (χ2n) is 5.97. The number of nitrogens with zero attached hydrogens (tertiary/aromatic N) is 1. The van der Waals surface area contributed by atoms with Gasteiger partial charge in [-0.05, 0) is 44.5 Å². The lowest BCUT2D eigenvalue weighted by molar-refractivity contribution is -0.117. The Hall–Kier alpha value is -2.18. The van der Waals surface area contributed by atoms with Crippen molar-refractivity contribution in [3.8, 4) is 10.4 Å². The average Bonchev–Trinajstić information content (AvgIpc) is 3.26. The number of benzene rings is 1. The zero-order valence-corrected chi connectivity index (χ0v) is 15.1. The van der Waals surface area contributed by atoms with Crippen molar-refractivity contribution in [2.24, 2.45) is 0 Å². The fraction of sp³-hybridized carbons (Fsp3) is 0.368. The maximum Gasteiger partial charge on any atom is 0.341 e. The Morgan fingerprint density at radius 2 is 1.92 bits per heavy atom. The molecule has 1 amide bonds. The molecule has 1 N–H and O–H groups in total. The van der Waals surface area contributed by atoms with Gasteiger partial charge >= 0.3 is 5.97 Å². The molecule has 1 fully saturated rings. The van der Waals surface area contributed by atoms with E-state index in [1.165, 1.54) is 11.3 Å². The lowest BCUT2D eigenvalue weighted by atomic mass is 10.1. The first-order chi connectivity index (χ1) is 12.2. The number of amides is 1. The number of ether oxygens (including phenoxy) is 1. The molecule has 0 aliphatic carbocycles. The number of nitrogens with one attached hydrogen (secondary N) is 1. The van der Waals surface area contributed by atoms with Crippen molar-refractivity contribution in [3.63, 3.8) is 0 Å². The third kappa shape index (κ3) is 4.46. The van der Waals surface area contributed by atoms with Gasteiger partial charge in [0.1, 0.15) is 5.00 Å². The van der Waals surface area contributed by atoms with Crippen LogP contribution in [0.2, 0.25) is 0 Å². The summed E-state index contributed by atoms with van der Waals surface area (Å²) in [5.41, 5.74) is 1.43. The van der Waals surface area contributed by atoms with Gasteiger partial charge < -0.3 is 10.1 Å². The smallest absolute Gasteiger partial charge is 0.341 e. The number of anilines is 1. The molecule has 1 aromatic carbocycles. The van der Waals surface area contributed by atoms with Crippen LogP contribution in [0.5, 0.6) is 0 Å². The van der Waals surface area contributed by atoms with Gasteiger partial charge in [0.2, 0.25) is 5.91 Å². The highest BCUT2D eigenvalue weighted by Gasteiger charge is 2.21. The molecule has 3 rings (SSSR count). The number of rotatable bonds is 6. The minimum absolute atomic E-state index is 0.0890. The van der Waals surface area contributed by atoms with Gasteiger partial charge in [0, 0.05) is 4.88 Å². The van der Waals surface area contributed by atoms with Crippen LogP contribution < -0.4 is 5.32 Å². The molecule has 2 heterocycles. The molecule has 6 heteroatoms. The maximum atomic E-state index is 12.3. The average molecular weight is 358 g/mol. The Balaban J connectivity index is 1.81. The standard InChI is InChI=1S/C19H22N2O3S/c1-2-24-19(23)15-12-16(14-8-4-3-5-9-14)25-18(15)20-17(22)13-21-10-6-7-11-21/h3-5,8-9,12H,2,6-7,10-11,13H2,1H3,(H,20,22). The van der Waals surface area contributed by atoms with E-state index in [4.69, 9.17) is 4.74 Å². The number of thiophene rings is 1. The Kier molecular flexibility index (Phi) is 5.83. The lowest BCUT2D eigenvalue weighted by Crippen LogP contribution is -2.31. The number of carbonyl (C=O) groups excluding carboxylic acids is 2. The van der Waals surface area contributed by atoms with Gasteiger partial charge in [0.15, 0.2) is 0 Å². The molecule has 1 aromatic heterocycles. The van der Waals surface area contributed by atoms with Crippen LogP contribution in [0.25, 0.3) is 10.4 Å². The molecule has 0 spiro atoms. The zero-order valence-electron chi connectivity index (χ0n) is 14.3. The van der Waals surface area contributed by atoms with Crippen molar-refractivity contribution < 1.29 is 14.3 Å². The quantitative estimate of drug-likeness (QED) is 0.801. The summed E-state index contributed by atoms with van der Waals surface area (Å²) < 4.78 is 5.14. The largest absolute Gasteiger partial charge is 0.462 e. The number of hydrogen-bond donors (Lipinski definition) is 1. The molecule has 0 saturated carbocycles. The van der Waals surface area contributed by atoms with Crippen molar-refractivity contribution >= 4 is 28.2 Å². The molecule has 1 aliphatic rings. The molecule has 0 bridgehead atoms. The summed E-state index contributed by atoms with van der Waals surface area (Å²) in [6.45, 7) is 4.35. The topological polar surface area (TPSA) is 58.6 Å². The normalized spacial score (nSPS) is 14.4. The van der Waals surface area contributed by atoms with Crippen LogP contribution >= 0.6 is 11.3 Å². The van der Waals surface area contributed by atoms with E-state index in [0.29, 0.717) is 23.7 Å². The molecule has 1 saturated heterocycles. The summed E-state index contributed by atoms with van der Waals surface area (Å²) in [6, 6.07) is 11.6. The Morgan fingerprint density at radius 1 is 1.20 bits per heavy atom. The Labute approximate surface area is 151 Å². The van der Waals surface area contributed by atoms with Crippen molar-refractivity contribution in [1.29, 1.82) is 0 Å². The number of hydrogen-bond acceptors (Lipinski definition) is 5. The fourth-order valence-electron chi connectivity index (χ4n) is 2.90. The summed E-state index contributed by atoms with van der Waals surface area (Å²) in [4.78, 5) is 27.7. The molecule has 5 nitrogen and oxygen atoms in total. The Morgan fingerprint density at radius 3 is 2.60 bits per heavy atom. The molecule has 0 radical (unpaired) electrons. The SMILES string of the molecule is CCOC(=O)c1cc(-c2ccccc2)sc1NC(=O)CN1CCCC1. The number of likely N-dealkylation sites (tertiary alicyclic amines) is 1. The van der Waals surface area contributed by atoms with Crippen molar-refractivity contribution in [2.75, 3.05) is 31.6 Å². The van der Waals surface area contributed by atoms with E-state index in [9.17, 15) is 9.59 Å². The van der Waals surface area contributed by atoms with Crippen molar-refractivity contribution in [3.05, 3.63) is 42.0 Å². The van der Waals surface area contributed by atoms with E-state index >= 15 is 0 Å². The van der Waals surface area contributed by atoms with E-state index < -0.39 is 5.97 Å². The third-order valence-corrected chi connectivity index (χ3v) is 5.20. The van der Waals surface area contributed by atoms with Crippen LogP contribution in [0.15, 0.2) is 36.4 Å². The van der Waals surface area contributed by atoms with E-state index in [0.717, 1.165) is 36.4 Å². The van der Waals surface area contributed by atoms with Gasteiger partial charge in [0.25, 0.3) is 0 Å². The maximum absolute atomic E-state index is 12.3. The molecule has 1 aliphatic heterocycles. The molecule has 132 valence electrons. The van der Waals surface area contributed by atoms with Crippen LogP contribution in [0, 0.1) is 0 Å². The molecule has 25 heavy (non-hydrogen) atoms. The molecular formula is C19H22N2O3S. The summed E-state index contributed by atoms with van der Waals surface area (Å²) in [7, 11) is 0. The zero-order chi connectivity index (χ0) is 17.6. The minimum atomic E-state index is -0.405. The molecule has 0 unspecified atom stereocenters.